The molecule has 0 spiro atoms. The number of halogens is 1. The van der Waals surface area contributed by atoms with Crippen LogP contribution in [0.15, 0.2) is 29.2 Å². The average Bonchev–Trinajstić information content (AvgIpc) is 2.39. The molecule has 0 aliphatic carbocycles. The minimum absolute atomic E-state index is 0.158. The van der Waals surface area contributed by atoms with Gasteiger partial charge in [0.1, 0.15) is 4.75 Å². The number of benzene rings is 1. The summed E-state index contributed by atoms with van der Waals surface area (Å²) in [6.45, 7) is 6.08. The van der Waals surface area contributed by atoms with Crippen molar-refractivity contribution in [2.75, 3.05) is 11.9 Å². The van der Waals surface area contributed by atoms with E-state index in [2.05, 4.69) is 40.2 Å². The fourth-order valence-electron chi connectivity index (χ4n) is 1.83. The van der Waals surface area contributed by atoms with Gasteiger partial charge in [-0.15, -0.1) is 11.8 Å². The number of carbonyl (C=O) groups is 1. The van der Waals surface area contributed by atoms with Crippen LogP contribution >= 0.6 is 27.7 Å². The van der Waals surface area contributed by atoms with Crippen molar-refractivity contribution in [2.45, 2.75) is 49.7 Å². The molecule has 0 saturated carbocycles. The Morgan fingerprint density at radius 2 is 2.10 bits per heavy atom. The lowest BCUT2D eigenvalue weighted by Crippen LogP contribution is -2.29. The van der Waals surface area contributed by atoms with Gasteiger partial charge in [-0.1, -0.05) is 28.1 Å². The molecule has 0 heterocycles. The van der Waals surface area contributed by atoms with Gasteiger partial charge in [-0.05, 0) is 57.7 Å². The molecule has 1 aromatic rings. The van der Waals surface area contributed by atoms with Crippen molar-refractivity contribution >= 4 is 33.7 Å². The quantitative estimate of drug-likeness (QED) is 0.288. The van der Waals surface area contributed by atoms with Crippen LogP contribution in [0.3, 0.4) is 0 Å². The monoisotopic (exact) mass is 358 g/mol. The van der Waals surface area contributed by atoms with Crippen molar-refractivity contribution in [3.63, 3.8) is 0 Å². The van der Waals surface area contributed by atoms with Crippen LogP contribution in [0.5, 0.6) is 0 Å². The minimum Gasteiger partial charge on any atom is -0.465 e. The Balaban J connectivity index is 2.67. The Bertz CT molecular complexity index is 432. The molecule has 20 heavy (non-hydrogen) atoms. The van der Waals surface area contributed by atoms with E-state index >= 15 is 0 Å². The molecule has 4 heteroatoms. The second-order valence-corrected chi connectivity index (χ2v) is 7.62. The van der Waals surface area contributed by atoms with Crippen molar-refractivity contribution in [1.29, 1.82) is 0 Å². The first kappa shape index (κ1) is 17.6. The Labute approximate surface area is 134 Å². The van der Waals surface area contributed by atoms with Gasteiger partial charge in [-0.2, -0.15) is 0 Å². The molecule has 0 bridgehead atoms. The maximum atomic E-state index is 11.9. The van der Waals surface area contributed by atoms with Crippen LogP contribution < -0.4 is 0 Å². The molecule has 0 atom stereocenters. The number of thioether (sulfide) groups is 1. The molecule has 1 aromatic carbocycles. The summed E-state index contributed by atoms with van der Waals surface area (Å²) in [7, 11) is 0. The number of hydrogen-bond donors (Lipinski definition) is 0. The van der Waals surface area contributed by atoms with E-state index in [0.29, 0.717) is 6.61 Å². The lowest BCUT2D eigenvalue weighted by Gasteiger charge is -2.21. The summed E-state index contributed by atoms with van der Waals surface area (Å²) in [4.78, 5) is 13.0. The van der Waals surface area contributed by atoms with Gasteiger partial charge in [0, 0.05) is 10.2 Å². The largest absolute Gasteiger partial charge is 0.465 e. The summed E-state index contributed by atoms with van der Waals surface area (Å²) in [5, 5.41) is 1.05. The van der Waals surface area contributed by atoms with Crippen LogP contribution in [0.4, 0.5) is 0 Å². The smallest absolute Gasteiger partial charge is 0.321 e. The molecule has 0 amide bonds. The van der Waals surface area contributed by atoms with Gasteiger partial charge in [0.2, 0.25) is 0 Å². The van der Waals surface area contributed by atoms with E-state index in [4.69, 9.17) is 4.74 Å². The van der Waals surface area contributed by atoms with Crippen molar-refractivity contribution < 1.29 is 9.53 Å². The molecule has 0 fully saturated rings. The molecule has 0 aromatic heterocycles. The number of carbonyl (C=O) groups excluding carboxylic acids is 1. The van der Waals surface area contributed by atoms with Gasteiger partial charge in [0.05, 0.1) is 6.61 Å². The minimum atomic E-state index is -0.551. The first-order valence-corrected chi connectivity index (χ1v) is 8.94. The first-order chi connectivity index (χ1) is 9.49. The van der Waals surface area contributed by atoms with E-state index in [1.807, 2.05) is 20.8 Å². The topological polar surface area (TPSA) is 26.3 Å². The SMILES string of the molecule is CCOC(=O)C(C)(C)Sc1cccc(CCCCBr)c1. The number of rotatable bonds is 8. The Hall–Kier alpha value is -0.480. The number of unbranched alkanes of at least 4 members (excludes halogenated alkanes) is 1. The molecule has 1 rings (SSSR count). The van der Waals surface area contributed by atoms with E-state index in [-0.39, 0.29) is 5.97 Å². The average molecular weight is 359 g/mol. The summed E-state index contributed by atoms with van der Waals surface area (Å²) in [5.74, 6) is -0.158. The molecular formula is C16H23BrO2S. The molecule has 112 valence electrons. The zero-order chi connectivity index (χ0) is 15.0. The number of esters is 1. The predicted molar refractivity (Wildman–Crippen MR) is 89.7 cm³/mol. The molecule has 0 radical (unpaired) electrons. The van der Waals surface area contributed by atoms with Crippen LogP contribution in [0.1, 0.15) is 39.2 Å². The third kappa shape index (κ3) is 5.88. The predicted octanol–water partition coefficient (Wildman–Crippen LogP) is 4.84. The third-order valence-corrected chi connectivity index (χ3v) is 4.61. The number of hydrogen-bond acceptors (Lipinski definition) is 3. The van der Waals surface area contributed by atoms with E-state index in [9.17, 15) is 4.79 Å². The van der Waals surface area contributed by atoms with Gasteiger partial charge in [-0.25, -0.2) is 0 Å². The zero-order valence-corrected chi connectivity index (χ0v) is 14.9. The van der Waals surface area contributed by atoms with E-state index in [0.717, 1.165) is 16.6 Å². The Morgan fingerprint density at radius 1 is 1.35 bits per heavy atom. The highest BCUT2D eigenvalue weighted by Crippen LogP contribution is 2.34. The molecule has 0 unspecified atom stereocenters. The maximum Gasteiger partial charge on any atom is 0.321 e. The van der Waals surface area contributed by atoms with Crippen LogP contribution in [0.25, 0.3) is 0 Å². The fraction of sp³-hybridized carbons (Fsp3) is 0.562. The molecule has 0 N–H and O–H groups in total. The zero-order valence-electron chi connectivity index (χ0n) is 12.4. The highest BCUT2D eigenvalue weighted by molar-refractivity contribution is 9.09. The Kier molecular flexibility index (Phi) is 7.67. The van der Waals surface area contributed by atoms with Gasteiger partial charge >= 0.3 is 5.97 Å². The molecule has 0 aliphatic heterocycles. The van der Waals surface area contributed by atoms with E-state index in [1.54, 1.807) is 11.8 Å². The summed E-state index contributed by atoms with van der Waals surface area (Å²) < 4.78 is 4.57. The first-order valence-electron chi connectivity index (χ1n) is 7.00. The van der Waals surface area contributed by atoms with Crippen molar-refractivity contribution in [3.05, 3.63) is 29.8 Å². The van der Waals surface area contributed by atoms with Crippen LogP contribution in [-0.4, -0.2) is 22.7 Å². The highest BCUT2D eigenvalue weighted by atomic mass is 79.9. The standard InChI is InChI=1S/C16H23BrO2S/c1-4-19-15(18)16(2,3)20-14-10-7-9-13(12-14)8-5-6-11-17/h7,9-10,12H,4-6,8,11H2,1-3H3. The number of ether oxygens (including phenoxy) is 1. The van der Waals surface area contributed by atoms with Gasteiger partial charge < -0.3 is 4.74 Å². The second-order valence-electron chi connectivity index (χ2n) is 5.13. The summed E-state index contributed by atoms with van der Waals surface area (Å²) in [6.07, 6.45) is 3.45. The van der Waals surface area contributed by atoms with Crippen molar-refractivity contribution in [1.82, 2.24) is 0 Å². The summed E-state index contributed by atoms with van der Waals surface area (Å²) in [6, 6.07) is 8.45. The summed E-state index contributed by atoms with van der Waals surface area (Å²) >= 11 is 5.02. The van der Waals surface area contributed by atoms with Crippen molar-refractivity contribution in [3.8, 4) is 0 Å². The van der Waals surface area contributed by atoms with Crippen molar-refractivity contribution in [2.24, 2.45) is 0 Å². The Morgan fingerprint density at radius 3 is 2.75 bits per heavy atom. The fourth-order valence-corrected chi connectivity index (χ4v) is 3.31. The van der Waals surface area contributed by atoms with Crippen LogP contribution in [0.2, 0.25) is 0 Å². The molecule has 0 saturated heterocycles. The molecule has 2 nitrogen and oxygen atoms in total. The number of alkyl halides is 1. The van der Waals surface area contributed by atoms with Crippen LogP contribution in [0, 0.1) is 0 Å². The van der Waals surface area contributed by atoms with E-state index < -0.39 is 4.75 Å². The highest BCUT2D eigenvalue weighted by Gasteiger charge is 2.30. The lowest BCUT2D eigenvalue weighted by atomic mass is 10.1. The normalized spacial score (nSPS) is 11.4. The molecular weight excluding hydrogens is 336 g/mol. The lowest BCUT2D eigenvalue weighted by molar-refractivity contribution is -0.145. The van der Waals surface area contributed by atoms with Gasteiger partial charge in [0.25, 0.3) is 0 Å². The van der Waals surface area contributed by atoms with Crippen LogP contribution in [-0.2, 0) is 16.0 Å². The van der Waals surface area contributed by atoms with Gasteiger partial charge in [0.15, 0.2) is 0 Å². The maximum absolute atomic E-state index is 11.9. The third-order valence-electron chi connectivity index (χ3n) is 2.89. The van der Waals surface area contributed by atoms with E-state index in [1.165, 1.54) is 18.4 Å². The second kappa shape index (κ2) is 8.73. The van der Waals surface area contributed by atoms with Gasteiger partial charge in [-0.3, -0.25) is 4.79 Å². The summed E-state index contributed by atoms with van der Waals surface area (Å²) in [5.41, 5.74) is 1.33. The molecule has 0 aliphatic rings. The number of aryl methyl sites for hydroxylation is 1.